The van der Waals surface area contributed by atoms with Gasteiger partial charge in [0.2, 0.25) is 0 Å². The van der Waals surface area contributed by atoms with Crippen molar-refractivity contribution in [1.29, 1.82) is 0 Å². The number of nitrogens with one attached hydrogen (secondary N) is 1. The molecular weight excluding hydrogens is 340 g/mol. The van der Waals surface area contributed by atoms with Gasteiger partial charge in [0, 0.05) is 24.1 Å². The van der Waals surface area contributed by atoms with Crippen LogP contribution < -0.4 is 14.8 Å². The van der Waals surface area contributed by atoms with E-state index in [4.69, 9.17) is 9.47 Å². The van der Waals surface area contributed by atoms with Crippen molar-refractivity contribution < 1.29 is 14.3 Å². The number of fused-ring (bicyclic) bond motifs is 1. The fourth-order valence-electron chi connectivity index (χ4n) is 4.05. The predicted octanol–water partition coefficient (Wildman–Crippen LogP) is 3.20. The van der Waals surface area contributed by atoms with Crippen LogP contribution in [0.25, 0.3) is 0 Å². The molecule has 2 heterocycles. The summed E-state index contributed by atoms with van der Waals surface area (Å²) in [6.45, 7) is 3.36. The lowest BCUT2D eigenvalue weighted by atomic mass is 10.0. The van der Waals surface area contributed by atoms with Crippen LogP contribution in [0.4, 0.5) is 0 Å². The second-order valence-electron chi connectivity index (χ2n) is 7.13. The summed E-state index contributed by atoms with van der Waals surface area (Å²) in [5.41, 5.74) is 2.94. The number of nitrogens with zero attached hydrogens (tertiary/aromatic N) is 1. The Morgan fingerprint density at radius 1 is 1.22 bits per heavy atom. The lowest BCUT2D eigenvalue weighted by molar-refractivity contribution is 0.0937. The first-order valence-electron chi connectivity index (χ1n) is 9.67. The molecule has 1 atom stereocenters. The minimum atomic E-state index is -0.0382. The van der Waals surface area contributed by atoms with Crippen molar-refractivity contribution in [2.75, 3.05) is 33.4 Å². The normalized spacial score (nSPS) is 17.2. The standard InChI is InChI=1S/C22H26N2O3/c1-26-21-7-3-2-6-18(21)19(24-11-4-5-12-24)15-23-22(25)17-8-9-20-16(14-17)10-13-27-20/h2-3,6-9,14,19H,4-5,10-13,15H2,1H3,(H,23,25)/t19-/m1/s1. The third-order valence-corrected chi connectivity index (χ3v) is 5.49. The van der Waals surface area contributed by atoms with Gasteiger partial charge in [0.1, 0.15) is 11.5 Å². The monoisotopic (exact) mass is 366 g/mol. The Balaban J connectivity index is 1.51. The maximum atomic E-state index is 12.7. The van der Waals surface area contributed by atoms with Gasteiger partial charge in [0.05, 0.1) is 19.8 Å². The van der Waals surface area contributed by atoms with Crippen molar-refractivity contribution >= 4 is 5.91 Å². The molecule has 1 fully saturated rings. The Kier molecular flexibility index (Phi) is 5.30. The molecule has 5 nitrogen and oxygen atoms in total. The van der Waals surface area contributed by atoms with Gasteiger partial charge in [-0.3, -0.25) is 9.69 Å². The molecule has 0 spiro atoms. The first kappa shape index (κ1) is 17.9. The number of hydrogen-bond donors (Lipinski definition) is 1. The fraction of sp³-hybridized carbons (Fsp3) is 0.409. The van der Waals surface area contributed by atoms with E-state index in [1.165, 1.54) is 12.8 Å². The van der Waals surface area contributed by atoms with E-state index in [1.54, 1.807) is 7.11 Å². The summed E-state index contributed by atoms with van der Waals surface area (Å²) < 4.78 is 11.1. The Hall–Kier alpha value is -2.53. The average Bonchev–Trinajstić information content (AvgIpc) is 3.39. The molecule has 1 saturated heterocycles. The van der Waals surface area contributed by atoms with Crippen molar-refractivity contribution in [3.05, 3.63) is 59.2 Å². The van der Waals surface area contributed by atoms with Crippen LogP contribution in [0.15, 0.2) is 42.5 Å². The molecule has 5 heteroatoms. The molecular formula is C22H26N2O3. The van der Waals surface area contributed by atoms with E-state index in [-0.39, 0.29) is 11.9 Å². The van der Waals surface area contributed by atoms with Gasteiger partial charge in [-0.25, -0.2) is 0 Å². The molecule has 2 aromatic carbocycles. The van der Waals surface area contributed by atoms with Gasteiger partial charge in [-0.15, -0.1) is 0 Å². The third kappa shape index (κ3) is 3.78. The smallest absolute Gasteiger partial charge is 0.251 e. The van der Waals surface area contributed by atoms with Crippen LogP contribution >= 0.6 is 0 Å². The molecule has 4 rings (SSSR count). The molecule has 1 amide bonds. The maximum Gasteiger partial charge on any atom is 0.251 e. The Labute approximate surface area is 160 Å². The quantitative estimate of drug-likeness (QED) is 0.853. The van der Waals surface area contributed by atoms with E-state index in [1.807, 2.05) is 36.4 Å². The summed E-state index contributed by atoms with van der Waals surface area (Å²) in [5, 5.41) is 3.14. The molecule has 2 aliphatic heterocycles. The van der Waals surface area contributed by atoms with Crippen molar-refractivity contribution in [3.63, 3.8) is 0 Å². The average molecular weight is 366 g/mol. The Bertz CT molecular complexity index is 815. The summed E-state index contributed by atoms with van der Waals surface area (Å²) >= 11 is 0. The van der Waals surface area contributed by atoms with E-state index in [0.29, 0.717) is 18.7 Å². The predicted molar refractivity (Wildman–Crippen MR) is 105 cm³/mol. The van der Waals surface area contributed by atoms with E-state index in [2.05, 4.69) is 16.3 Å². The molecule has 1 N–H and O–H groups in total. The van der Waals surface area contributed by atoms with Gasteiger partial charge in [-0.2, -0.15) is 0 Å². The number of rotatable bonds is 6. The molecule has 2 aliphatic rings. The molecule has 27 heavy (non-hydrogen) atoms. The van der Waals surface area contributed by atoms with Crippen molar-refractivity contribution in [1.82, 2.24) is 10.2 Å². The highest BCUT2D eigenvalue weighted by Gasteiger charge is 2.26. The van der Waals surface area contributed by atoms with Crippen LogP contribution in [0.2, 0.25) is 0 Å². The highest BCUT2D eigenvalue weighted by molar-refractivity contribution is 5.94. The van der Waals surface area contributed by atoms with E-state index in [9.17, 15) is 4.79 Å². The zero-order valence-corrected chi connectivity index (χ0v) is 15.7. The number of hydrogen-bond acceptors (Lipinski definition) is 4. The number of ether oxygens (including phenoxy) is 2. The largest absolute Gasteiger partial charge is 0.496 e. The van der Waals surface area contributed by atoms with Gasteiger partial charge < -0.3 is 14.8 Å². The summed E-state index contributed by atoms with van der Waals surface area (Å²) in [5.74, 6) is 1.73. The van der Waals surface area contributed by atoms with Crippen molar-refractivity contribution in [2.45, 2.75) is 25.3 Å². The second-order valence-corrected chi connectivity index (χ2v) is 7.13. The first-order chi connectivity index (χ1) is 13.3. The highest BCUT2D eigenvalue weighted by Crippen LogP contribution is 2.31. The fourth-order valence-corrected chi connectivity index (χ4v) is 4.05. The minimum absolute atomic E-state index is 0.0382. The van der Waals surface area contributed by atoms with E-state index in [0.717, 1.165) is 42.1 Å². The zero-order chi connectivity index (χ0) is 18.6. The molecule has 0 aromatic heterocycles. The molecule has 0 aliphatic carbocycles. The van der Waals surface area contributed by atoms with Crippen LogP contribution in [-0.4, -0.2) is 44.2 Å². The SMILES string of the molecule is COc1ccccc1[C@@H](CNC(=O)c1ccc2c(c1)CCO2)N1CCCC1. The molecule has 0 radical (unpaired) electrons. The number of carbonyl (C=O) groups is 1. The lowest BCUT2D eigenvalue weighted by Gasteiger charge is -2.29. The lowest BCUT2D eigenvalue weighted by Crippen LogP contribution is -2.37. The van der Waals surface area contributed by atoms with Crippen molar-refractivity contribution in [3.8, 4) is 11.5 Å². The molecule has 0 saturated carbocycles. The molecule has 0 unspecified atom stereocenters. The molecule has 2 aromatic rings. The topological polar surface area (TPSA) is 50.8 Å². The van der Waals surface area contributed by atoms with Gasteiger partial charge in [-0.05, 0) is 55.8 Å². The van der Waals surface area contributed by atoms with E-state index < -0.39 is 0 Å². The molecule has 142 valence electrons. The van der Waals surface area contributed by atoms with Gasteiger partial charge >= 0.3 is 0 Å². The number of para-hydroxylation sites is 1. The summed E-state index contributed by atoms with van der Waals surface area (Å²) in [6, 6.07) is 13.9. The van der Waals surface area contributed by atoms with Crippen LogP contribution in [0.5, 0.6) is 11.5 Å². The summed E-state index contributed by atoms with van der Waals surface area (Å²) in [4.78, 5) is 15.2. The van der Waals surface area contributed by atoms with Crippen LogP contribution in [0.3, 0.4) is 0 Å². The highest BCUT2D eigenvalue weighted by atomic mass is 16.5. The van der Waals surface area contributed by atoms with Crippen molar-refractivity contribution in [2.24, 2.45) is 0 Å². The van der Waals surface area contributed by atoms with Gasteiger partial charge in [-0.1, -0.05) is 18.2 Å². The maximum absolute atomic E-state index is 12.7. The Morgan fingerprint density at radius 3 is 2.85 bits per heavy atom. The molecule has 0 bridgehead atoms. The third-order valence-electron chi connectivity index (χ3n) is 5.49. The second kappa shape index (κ2) is 8.01. The van der Waals surface area contributed by atoms with Crippen LogP contribution in [-0.2, 0) is 6.42 Å². The summed E-state index contributed by atoms with van der Waals surface area (Å²) in [6.07, 6.45) is 3.27. The number of amides is 1. The van der Waals surface area contributed by atoms with Crippen LogP contribution in [0.1, 0.15) is 40.4 Å². The number of likely N-dealkylation sites (tertiary alicyclic amines) is 1. The number of benzene rings is 2. The zero-order valence-electron chi connectivity index (χ0n) is 15.7. The number of carbonyl (C=O) groups excluding carboxylic acids is 1. The van der Waals surface area contributed by atoms with Gasteiger partial charge in [0.15, 0.2) is 0 Å². The van der Waals surface area contributed by atoms with Crippen LogP contribution in [0, 0.1) is 0 Å². The minimum Gasteiger partial charge on any atom is -0.496 e. The summed E-state index contributed by atoms with van der Waals surface area (Å²) in [7, 11) is 1.70. The number of methoxy groups -OCH3 is 1. The Morgan fingerprint density at radius 2 is 2.04 bits per heavy atom. The van der Waals surface area contributed by atoms with E-state index >= 15 is 0 Å². The first-order valence-corrected chi connectivity index (χ1v) is 9.67. The van der Waals surface area contributed by atoms with Gasteiger partial charge in [0.25, 0.3) is 5.91 Å².